The molecule has 2 heteroatoms. The minimum absolute atomic E-state index is 0.0719. The average molecular weight is 157 g/mol. The smallest absolute Gasteiger partial charge is 0.0551 e. The van der Waals surface area contributed by atoms with Crippen LogP contribution in [0.15, 0.2) is 0 Å². The van der Waals surface area contributed by atoms with Gasteiger partial charge in [0.25, 0.3) is 0 Å². The highest BCUT2D eigenvalue weighted by molar-refractivity contribution is 4.94. The molecule has 1 fully saturated rings. The second-order valence-electron chi connectivity index (χ2n) is 4.36. The highest BCUT2D eigenvalue weighted by atomic mass is 16.3. The van der Waals surface area contributed by atoms with Crippen LogP contribution in [0.25, 0.3) is 0 Å². The first-order valence-electron chi connectivity index (χ1n) is 4.46. The SMILES string of the molecule is CC(C)CC1(CN)CC(O)C1. The molecule has 0 aromatic rings. The van der Waals surface area contributed by atoms with Crippen molar-refractivity contribution in [2.45, 2.75) is 39.2 Å². The molecule has 3 N–H and O–H groups in total. The van der Waals surface area contributed by atoms with Crippen LogP contribution >= 0.6 is 0 Å². The third-order valence-electron chi connectivity index (χ3n) is 2.61. The molecule has 0 heterocycles. The van der Waals surface area contributed by atoms with E-state index in [1.165, 1.54) is 6.42 Å². The van der Waals surface area contributed by atoms with E-state index in [2.05, 4.69) is 13.8 Å². The van der Waals surface area contributed by atoms with E-state index >= 15 is 0 Å². The fourth-order valence-corrected chi connectivity index (χ4v) is 2.22. The lowest BCUT2D eigenvalue weighted by Gasteiger charge is -2.46. The van der Waals surface area contributed by atoms with Crippen LogP contribution < -0.4 is 5.73 Å². The number of hydrogen-bond donors (Lipinski definition) is 2. The minimum atomic E-state index is -0.0719. The van der Waals surface area contributed by atoms with Gasteiger partial charge in [-0.05, 0) is 37.1 Å². The first kappa shape index (κ1) is 9.01. The van der Waals surface area contributed by atoms with Crippen molar-refractivity contribution in [3.8, 4) is 0 Å². The molecule has 0 atom stereocenters. The van der Waals surface area contributed by atoms with E-state index in [0.717, 1.165) is 19.4 Å². The van der Waals surface area contributed by atoms with Crippen LogP contribution in [0.5, 0.6) is 0 Å². The Kier molecular flexibility index (Phi) is 2.55. The lowest BCUT2D eigenvalue weighted by Crippen LogP contribution is -2.46. The van der Waals surface area contributed by atoms with E-state index in [4.69, 9.17) is 5.73 Å². The Balaban J connectivity index is 2.38. The molecular formula is C9H19NO. The molecule has 1 saturated carbocycles. The third-order valence-corrected chi connectivity index (χ3v) is 2.61. The first-order chi connectivity index (χ1) is 5.08. The molecule has 2 nitrogen and oxygen atoms in total. The van der Waals surface area contributed by atoms with Crippen molar-refractivity contribution in [2.75, 3.05) is 6.54 Å². The maximum absolute atomic E-state index is 9.17. The molecule has 11 heavy (non-hydrogen) atoms. The molecule has 0 aliphatic heterocycles. The summed E-state index contributed by atoms with van der Waals surface area (Å²) in [6, 6.07) is 0. The van der Waals surface area contributed by atoms with Crippen LogP contribution in [0, 0.1) is 11.3 Å². The van der Waals surface area contributed by atoms with Crippen LogP contribution in [0.4, 0.5) is 0 Å². The van der Waals surface area contributed by atoms with E-state index in [9.17, 15) is 5.11 Å². The van der Waals surface area contributed by atoms with Gasteiger partial charge in [-0.2, -0.15) is 0 Å². The predicted molar refractivity (Wildman–Crippen MR) is 46.2 cm³/mol. The Labute approximate surface area is 68.8 Å². The summed E-state index contributed by atoms with van der Waals surface area (Å²) in [7, 11) is 0. The maximum Gasteiger partial charge on any atom is 0.0551 e. The second kappa shape index (κ2) is 3.11. The molecule has 0 aromatic heterocycles. The zero-order chi connectivity index (χ0) is 8.48. The van der Waals surface area contributed by atoms with E-state index < -0.39 is 0 Å². The van der Waals surface area contributed by atoms with E-state index in [-0.39, 0.29) is 11.5 Å². The largest absolute Gasteiger partial charge is 0.393 e. The van der Waals surface area contributed by atoms with Crippen molar-refractivity contribution >= 4 is 0 Å². The summed E-state index contributed by atoms with van der Waals surface area (Å²) in [5, 5.41) is 9.17. The number of nitrogens with two attached hydrogens (primary N) is 1. The summed E-state index contributed by atoms with van der Waals surface area (Å²) in [5.41, 5.74) is 5.95. The topological polar surface area (TPSA) is 46.2 Å². The number of rotatable bonds is 3. The van der Waals surface area contributed by atoms with Gasteiger partial charge in [0.1, 0.15) is 0 Å². The number of aliphatic hydroxyl groups excluding tert-OH is 1. The standard InChI is InChI=1S/C9H19NO/c1-7(2)3-9(6-10)4-8(11)5-9/h7-8,11H,3-6,10H2,1-2H3. The Morgan fingerprint density at radius 1 is 1.55 bits per heavy atom. The molecule has 0 radical (unpaired) electrons. The lowest BCUT2D eigenvalue weighted by molar-refractivity contribution is -0.0381. The zero-order valence-electron chi connectivity index (χ0n) is 7.51. The Hall–Kier alpha value is -0.0800. The van der Waals surface area contributed by atoms with Crippen LogP contribution in [0.3, 0.4) is 0 Å². The molecule has 1 rings (SSSR count). The molecule has 0 unspecified atom stereocenters. The summed E-state index contributed by atoms with van der Waals surface area (Å²) < 4.78 is 0. The van der Waals surface area contributed by atoms with Crippen molar-refractivity contribution < 1.29 is 5.11 Å². The summed E-state index contributed by atoms with van der Waals surface area (Å²) in [4.78, 5) is 0. The molecule has 1 aliphatic carbocycles. The van der Waals surface area contributed by atoms with Gasteiger partial charge >= 0.3 is 0 Å². The first-order valence-corrected chi connectivity index (χ1v) is 4.46. The van der Waals surface area contributed by atoms with Gasteiger partial charge in [-0.15, -0.1) is 0 Å². The summed E-state index contributed by atoms with van der Waals surface area (Å²) >= 11 is 0. The molecular weight excluding hydrogens is 138 g/mol. The van der Waals surface area contributed by atoms with Crippen molar-refractivity contribution in [3.05, 3.63) is 0 Å². The van der Waals surface area contributed by atoms with E-state index in [1.807, 2.05) is 0 Å². The van der Waals surface area contributed by atoms with Gasteiger partial charge < -0.3 is 10.8 Å². The van der Waals surface area contributed by atoms with E-state index in [0.29, 0.717) is 5.92 Å². The normalized spacial score (nSPS) is 37.4. The third kappa shape index (κ3) is 1.94. The van der Waals surface area contributed by atoms with Gasteiger partial charge in [0.2, 0.25) is 0 Å². The Bertz CT molecular complexity index is 128. The Morgan fingerprint density at radius 2 is 2.09 bits per heavy atom. The highest BCUT2D eigenvalue weighted by Crippen LogP contribution is 2.44. The van der Waals surface area contributed by atoms with Gasteiger partial charge in [0.05, 0.1) is 6.10 Å². The van der Waals surface area contributed by atoms with Crippen LogP contribution in [0.2, 0.25) is 0 Å². The number of hydrogen-bond acceptors (Lipinski definition) is 2. The summed E-state index contributed by atoms with van der Waals surface area (Å²) in [5.74, 6) is 0.700. The van der Waals surface area contributed by atoms with Gasteiger partial charge in [-0.3, -0.25) is 0 Å². The monoisotopic (exact) mass is 157 g/mol. The van der Waals surface area contributed by atoms with Crippen molar-refractivity contribution in [3.63, 3.8) is 0 Å². The predicted octanol–water partition coefficient (Wildman–Crippen LogP) is 1.13. The molecule has 1 aliphatic rings. The summed E-state index contributed by atoms with van der Waals surface area (Å²) in [6.07, 6.45) is 2.93. The van der Waals surface area contributed by atoms with Crippen molar-refractivity contribution in [1.82, 2.24) is 0 Å². The maximum atomic E-state index is 9.17. The van der Waals surface area contributed by atoms with Gasteiger partial charge in [-0.1, -0.05) is 13.8 Å². The fourth-order valence-electron chi connectivity index (χ4n) is 2.22. The second-order valence-corrected chi connectivity index (χ2v) is 4.36. The van der Waals surface area contributed by atoms with Crippen molar-refractivity contribution in [2.24, 2.45) is 17.1 Å². The molecule has 66 valence electrons. The van der Waals surface area contributed by atoms with Gasteiger partial charge in [0, 0.05) is 0 Å². The number of aliphatic hydroxyl groups is 1. The van der Waals surface area contributed by atoms with Crippen LogP contribution in [0.1, 0.15) is 33.1 Å². The molecule has 0 amide bonds. The quantitative estimate of drug-likeness (QED) is 0.645. The molecule has 0 bridgehead atoms. The molecule has 0 spiro atoms. The average Bonchev–Trinajstić information content (AvgIpc) is 1.82. The van der Waals surface area contributed by atoms with E-state index in [1.54, 1.807) is 0 Å². The molecule has 0 aromatic carbocycles. The van der Waals surface area contributed by atoms with Gasteiger partial charge in [0.15, 0.2) is 0 Å². The lowest BCUT2D eigenvalue weighted by atomic mass is 9.63. The van der Waals surface area contributed by atoms with Crippen LogP contribution in [-0.2, 0) is 0 Å². The van der Waals surface area contributed by atoms with Gasteiger partial charge in [-0.25, -0.2) is 0 Å². The highest BCUT2D eigenvalue weighted by Gasteiger charge is 2.42. The zero-order valence-corrected chi connectivity index (χ0v) is 7.51. The summed E-state index contributed by atoms with van der Waals surface area (Å²) in [6.45, 7) is 5.16. The Morgan fingerprint density at radius 3 is 2.36 bits per heavy atom. The molecule has 0 saturated heterocycles. The minimum Gasteiger partial charge on any atom is -0.393 e. The fraction of sp³-hybridized carbons (Fsp3) is 1.00. The van der Waals surface area contributed by atoms with Crippen molar-refractivity contribution in [1.29, 1.82) is 0 Å². The van der Waals surface area contributed by atoms with Crippen LogP contribution in [-0.4, -0.2) is 17.8 Å².